The minimum absolute atomic E-state index is 0.0326. The topological polar surface area (TPSA) is 114 Å². The zero-order chi connectivity index (χ0) is 35.6. The highest BCUT2D eigenvalue weighted by atomic mass is 32.2. The first-order valence-electron chi connectivity index (χ1n) is 15.8. The Morgan fingerprint density at radius 3 is 2.12 bits per heavy atom. The van der Waals surface area contributed by atoms with Crippen molar-refractivity contribution in [3.05, 3.63) is 114 Å². The molecule has 0 fully saturated rings. The van der Waals surface area contributed by atoms with Crippen molar-refractivity contribution in [1.29, 1.82) is 0 Å². The summed E-state index contributed by atoms with van der Waals surface area (Å²) in [5.74, 6) is -0.591. The summed E-state index contributed by atoms with van der Waals surface area (Å²) in [6.45, 7) is 3.08. The number of hydrogen-bond donors (Lipinski definition) is 1. The molecule has 49 heavy (non-hydrogen) atoms. The van der Waals surface area contributed by atoms with Gasteiger partial charge in [0.1, 0.15) is 24.2 Å². The zero-order valence-electron chi connectivity index (χ0n) is 28.3. The molecule has 4 aromatic carbocycles. The minimum atomic E-state index is -4.46. The number of benzene rings is 4. The van der Waals surface area contributed by atoms with E-state index in [1.807, 2.05) is 44.2 Å². The van der Waals surface area contributed by atoms with Gasteiger partial charge in [0.15, 0.2) is 11.5 Å². The Labute approximate surface area is 287 Å². The summed E-state index contributed by atoms with van der Waals surface area (Å²) in [7, 11) is -0.125. The van der Waals surface area contributed by atoms with Gasteiger partial charge in [-0.1, -0.05) is 49.4 Å². The Morgan fingerprint density at radius 1 is 0.816 bits per heavy atom. The standard InChI is InChI=1S/C37H42FN3O7S/c1-6-26(2)39-37(43)33(22-27-11-8-7-9-12-27)40(24-28-13-10-14-31(21-28)46-3)36(42)25-41(30-17-15-29(38)16-18-30)49(44,45)32-19-20-34(47-4)35(23-32)48-5/h7-21,23,26,33H,6,22,24-25H2,1-5H3,(H,39,43)/t26-,33-/m0/s1. The second-order valence-electron chi connectivity index (χ2n) is 11.4. The fraction of sp³-hybridized carbons (Fsp3) is 0.297. The van der Waals surface area contributed by atoms with Crippen LogP contribution in [0.25, 0.3) is 0 Å². The van der Waals surface area contributed by atoms with Gasteiger partial charge >= 0.3 is 0 Å². The fourth-order valence-electron chi connectivity index (χ4n) is 5.20. The van der Waals surface area contributed by atoms with E-state index >= 15 is 0 Å². The second kappa shape index (κ2) is 16.8. The quantitative estimate of drug-likeness (QED) is 0.163. The monoisotopic (exact) mass is 691 g/mol. The zero-order valence-corrected chi connectivity index (χ0v) is 29.1. The second-order valence-corrected chi connectivity index (χ2v) is 13.3. The number of halogens is 1. The molecule has 2 amide bonds. The normalized spacial score (nSPS) is 12.4. The highest BCUT2D eigenvalue weighted by molar-refractivity contribution is 7.92. The third-order valence-corrected chi connectivity index (χ3v) is 9.87. The first-order chi connectivity index (χ1) is 23.5. The largest absolute Gasteiger partial charge is 0.497 e. The molecule has 0 unspecified atom stereocenters. The van der Waals surface area contributed by atoms with E-state index in [4.69, 9.17) is 14.2 Å². The molecule has 0 heterocycles. The molecule has 0 spiro atoms. The number of carbonyl (C=O) groups excluding carboxylic acids is 2. The summed E-state index contributed by atoms with van der Waals surface area (Å²) in [5.41, 5.74) is 1.52. The van der Waals surface area contributed by atoms with Crippen molar-refractivity contribution in [2.24, 2.45) is 0 Å². The van der Waals surface area contributed by atoms with E-state index in [2.05, 4.69) is 5.32 Å². The molecular weight excluding hydrogens is 649 g/mol. The van der Waals surface area contributed by atoms with E-state index in [-0.39, 0.29) is 41.2 Å². The number of nitrogens with zero attached hydrogens (tertiary/aromatic N) is 2. The summed E-state index contributed by atoms with van der Waals surface area (Å²) in [4.78, 5) is 29.8. The lowest BCUT2D eigenvalue weighted by molar-refractivity contribution is -0.140. The molecule has 10 nitrogen and oxygen atoms in total. The highest BCUT2D eigenvalue weighted by Crippen LogP contribution is 2.32. The Kier molecular flexibility index (Phi) is 12.6. The molecule has 4 aromatic rings. The molecule has 12 heteroatoms. The summed E-state index contributed by atoms with van der Waals surface area (Å²) in [6, 6.07) is 24.0. The van der Waals surface area contributed by atoms with E-state index in [1.165, 1.54) is 56.6 Å². The van der Waals surface area contributed by atoms with Gasteiger partial charge in [-0.15, -0.1) is 0 Å². The number of anilines is 1. The number of hydrogen-bond acceptors (Lipinski definition) is 7. The Hall–Kier alpha value is -5.10. The number of amides is 2. The number of sulfonamides is 1. The van der Waals surface area contributed by atoms with Gasteiger partial charge < -0.3 is 24.4 Å². The third kappa shape index (κ3) is 9.29. The van der Waals surface area contributed by atoms with Crippen LogP contribution in [-0.4, -0.2) is 65.1 Å². The van der Waals surface area contributed by atoms with Crippen molar-refractivity contribution in [3.63, 3.8) is 0 Å². The van der Waals surface area contributed by atoms with Crippen LogP contribution in [0, 0.1) is 5.82 Å². The molecule has 0 aliphatic carbocycles. The maximum absolute atomic E-state index is 14.6. The summed E-state index contributed by atoms with van der Waals surface area (Å²) < 4.78 is 59.7. The van der Waals surface area contributed by atoms with Crippen molar-refractivity contribution in [1.82, 2.24) is 10.2 Å². The molecule has 0 radical (unpaired) electrons. The van der Waals surface area contributed by atoms with Crippen LogP contribution in [-0.2, 0) is 32.6 Å². The molecule has 260 valence electrons. The summed E-state index contributed by atoms with van der Waals surface area (Å²) in [5, 5.41) is 3.01. The predicted octanol–water partition coefficient (Wildman–Crippen LogP) is 5.60. The smallest absolute Gasteiger partial charge is 0.264 e. The van der Waals surface area contributed by atoms with Gasteiger partial charge in [0.25, 0.3) is 10.0 Å². The van der Waals surface area contributed by atoms with Crippen LogP contribution in [0.1, 0.15) is 31.4 Å². The van der Waals surface area contributed by atoms with Gasteiger partial charge in [0.05, 0.1) is 31.9 Å². The lowest BCUT2D eigenvalue weighted by Crippen LogP contribution is -2.54. The van der Waals surface area contributed by atoms with Crippen molar-refractivity contribution in [3.8, 4) is 17.2 Å². The number of rotatable bonds is 16. The van der Waals surface area contributed by atoms with Gasteiger partial charge in [-0.2, -0.15) is 0 Å². The molecule has 0 saturated carbocycles. The van der Waals surface area contributed by atoms with E-state index < -0.39 is 34.3 Å². The lowest BCUT2D eigenvalue weighted by Gasteiger charge is -2.34. The maximum Gasteiger partial charge on any atom is 0.264 e. The predicted molar refractivity (Wildman–Crippen MR) is 186 cm³/mol. The number of ether oxygens (including phenoxy) is 3. The van der Waals surface area contributed by atoms with Crippen molar-refractivity contribution >= 4 is 27.5 Å². The molecule has 0 saturated heterocycles. The molecule has 0 bridgehead atoms. The Morgan fingerprint density at radius 2 is 1.49 bits per heavy atom. The van der Waals surface area contributed by atoms with Crippen LogP contribution in [0.2, 0.25) is 0 Å². The first-order valence-corrected chi connectivity index (χ1v) is 17.2. The molecule has 4 rings (SSSR count). The van der Waals surface area contributed by atoms with Crippen LogP contribution >= 0.6 is 0 Å². The van der Waals surface area contributed by atoms with Crippen LogP contribution in [0.3, 0.4) is 0 Å². The number of carbonyl (C=O) groups is 2. The fourth-order valence-corrected chi connectivity index (χ4v) is 6.63. The molecule has 2 atom stereocenters. The average Bonchev–Trinajstić information content (AvgIpc) is 3.12. The van der Waals surface area contributed by atoms with E-state index in [0.717, 1.165) is 22.0 Å². The van der Waals surface area contributed by atoms with E-state index in [9.17, 15) is 22.4 Å². The molecule has 0 aromatic heterocycles. The van der Waals surface area contributed by atoms with E-state index in [1.54, 1.807) is 24.3 Å². The molecule has 0 aliphatic heterocycles. The van der Waals surface area contributed by atoms with Gasteiger partial charge in [0, 0.05) is 25.1 Å². The number of nitrogens with one attached hydrogen (secondary N) is 1. The van der Waals surface area contributed by atoms with Gasteiger partial charge in [-0.3, -0.25) is 13.9 Å². The molecule has 0 aliphatic rings. The van der Waals surface area contributed by atoms with Crippen LogP contribution < -0.4 is 23.8 Å². The SMILES string of the molecule is CC[C@H](C)NC(=O)[C@H](Cc1ccccc1)N(Cc1cccc(OC)c1)C(=O)CN(c1ccc(F)cc1)S(=O)(=O)c1ccc(OC)c(OC)c1. The minimum Gasteiger partial charge on any atom is -0.497 e. The van der Waals surface area contributed by atoms with Crippen LogP contribution in [0.15, 0.2) is 102 Å². The molecular formula is C37H42FN3O7S. The summed E-state index contributed by atoms with van der Waals surface area (Å²) >= 11 is 0. The van der Waals surface area contributed by atoms with Crippen molar-refractivity contribution in [2.45, 2.75) is 50.2 Å². The number of methoxy groups -OCH3 is 3. The lowest BCUT2D eigenvalue weighted by atomic mass is 10.0. The van der Waals surface area contributed by atoms with Crippen LogP contribution in [0.4, 0.5) is 10.1 Å². The van der Waals surface area contributed by atoms with Crippen molar-refractivity contribution in [2.75, 3.05) is 32.2 Å². The highest BCUT2D eigenvalue weighted by Gasteiger charge is 2.35. The summed E-state index contributed by atoms with van der Waals surface area (Å²) in [6.07, 6.45) is 0.827. The van der Waals surface area contributed by atoms with E-state index in [0.29, 0.717) is 23.5 Å². The van der Waals surface area contributed by atoms with Gasteiger partial charge in [-0.05, 0) is 73.0 Å². The maximum atomic E-state index is 14.6. The third-order valence-electron chi connectivity index (χ3n) is 8.10. The average molecular weight is 692 g/mol. The van der Waals surface area contributed by atoms with Gasteiger partial charge in [-0.25, -0.2) is 12.8 Å². The van der Waals surface area contributed by atoms with Gasteiger partial charge in [0.2, 0.25) is 11.8 Å². The molecule has 1 N–H and O–H groups in total. The first kappa shape index (κ1) is 36.7. The Bertz CT molecular complexity index is 1820. The van der Waals surface area contributed by atoms with Crippen molar-refractivity contribution < 1.29 is 36.6 Å². The Balaban J connectivity index is 1.84. The van der Waals surface area contributed by atoms with Crippen LogP contribution in [0.5, 0.6) is 17.2 Å².